The summed E-state index contributed by atoms with van der Waals surface area (Å²) in [5.74, 6) is 0.148. The topological polar surface area (TPSA) is 71.3 Å². The maximum atomic E-state index is 13.8. The second kappa shape index (κ2) is 10.1. The first-order valence-electron chi connectivity index (χ1n) is 12.0. The lowest BCUT2D eigenvalue weighted by molar-refractivity contribution is -0.129. The van der Waals surface area contributed by atoms with E-state index in [1.165, 1.54) is 0 Å². The molecule has 2 aromatic heterocycles. The quantitative estimate of drug-likeness (QED) is 0.449. The van der Waals surface area contributed by atoms with Crippen LogP contribution in [0.25, 0.3) is 10.9 Å². The predicted molar refractivity (Wildman–Crippen MR) is 135 cm³/mol. The average molecular weight is 468 g/mol. The van der Waals surface area contributed by atoms with E-state index in [1.54, 1.807) is 13.1 Å². The van der Waals surface area contributed by atoms with Crippen molar-refractivity contribution in [1.82, 2.24) is 24.6 Å². The summed E-state index contributed by atoms with van der Waals surface area (Å²) in [6, 6.07) is 19.8. The number of para-hydroxylation sites is 1. The van der Waals surface area contributed by atoms with Gasteiger partial charge in [0, 0.05) is 62.6 Å². The number of hydrogen-bond acceptors (Lipinski definition) is 4. The largest absolute Gasteiger partial charge is 0.341 e. The smallest absolute Gasteiger partial charge is 0.254 e. The number of pyridine rings is 1. The normalized spacial score (nSPS) is 16.3. The molecule has 1 aliphatic rings. The summed E-state index contributed by atoms with van der Waals surface area (Å²) in [6.07, 6.45) is 6.19. The van der Waals surface area contributed by atoms with E-state index in [9.17, 15) is 9.59 Å². The summed E-state index contributed by atoms with van der Waals surface area (Å²) in [4.78, 5) is 34.5. The van der Waals surface area contributed by atoms with E-state index >= 15 is 0 Å². The fraction of sp³-hybridized carbons (Fsp3) is 0.286. The SMILES string of the molecule is CC(=O)N1CCN(C(=O)c2ccccc2Cn2cccn2)CC(Cc2cccc3cccnc23)C1. The highest BCUT2D eigenvalue weighted by atomic mass is 16.2. The molecule has 1 saturated heterocycles. The highest BCUT2D eigenvalue weighted by molar-refractivity contribution is 5.95. The summed E-state index contributed by atoms with van der Waals surface area (Å²) in [6.45, 7) is 4.39. The van der Waals surface area contributed by atoms with Crippen LogP contribution in [-0.2, 0) is 17.8 Å². The molecule has 35 heavy (non-hydrogen) atoms. The lowest BCUT2D eigenvalue weighted by Crippen LogP contribution is -2.37. The van der Waals surface area contributed by atoms with E-state index in [0.717, 1.165) is 28.5 Å². The Kier molecular flexibility index (Phi) is 6.57. The van der Waals surface area contributed by atoms with Crippen molar-refractivity contribution >= 4 is 22.7 Å². The second-order valence-corrected chi connectivity index (χ2v) is 9.14. The molecule has 3 heterocycles. The van der Waals surface area contributed by atoms with Crippen molar-refractivity contribution in [3.63, 3.8) is 0 Å². The number of aromatic nitrogens is 3. The number of amides is 2. The molecule has 0 spiro atoms. The van der Waals surface area contributed by atoms with Crippen LogP contribution in [0.5, 0.6) is 0 Å². The fourth-order valence-electron chi connectivity index (χ4n) is 4.95. The van der Waals surface area contributed by atoms with E-state index in [2.05, 4.69) is 28.3 Å². The molecule has 1 aliphatic heterocycles. The number of nitrogens with zero attached hydrogens (tertiary/aromatic N) is 5. The third kappa shape index (κ3) is 5.09. The molecule has 4 aromatic rings. The van der Waals surface area contributed by atoms with E-state index in [0.29, 0.717) is 38.3 Å². The molecule has 7 heteroatoms. The molecule has 0 bridgehead atoms. The first-order valence-corrected chi connectivity index (χ1v) is 12.0. The molecule has 1 atom stereocenters. The van der Waals surface area contributed by atoms with Gasteiger partial charge in [0.1, 0.15) is 0 Å². The number of benzene rings is 2. The highest BCUT2D eigenvalue weighted by Gasteiger charge is 2.29. The molecule has 5 rings (SSSR count). The van der Waals surface area contributed by atoms with E-state index < -0.39 is 0 Å². The van der Waals surface area contributed by atoms with Gasteiger partial charge in [-0.1, -0.05) is 42.5 Å². The van der Waals surface area contributed by atoms with Crippen LogP contribution >= 0.6 is 0 Å². The van der Waals surface area contributed by atoms with Crippen molar-refractivity contribution in [2.75, 3.05) is 26.2 Å². The van der Waals surface area contributed by atoms with Gasteiger partial charge in [0.2, 0.25) is 5.91 Å². The number of carbonyl (C=O) groups is 2. The van der Waals surface area contributed by atoms with Gasteiger partial charge < -0.3 is 9.80 Å². The van der Waals surface area contributed by atoms with Gasteiger partial charge in [-0.3, -0.25) is 19.3 Å². The van der Waals surface area contributed by atoms with Gasteiger partial charge in [0.05, 0.1) is 12.1 Å². The molecule has 1 unspecified atom stereocenters. The van der Waals surface area contributed by atoms with Gasteiger partial charge >= 0.3 is 0 Å². The van der Waals surface area contributed by atoms with E-state index in [4.69, 9.17) is 0 Å². The van der Waals surface area contributed by atoms with Crippen LogP contribution in [0, 0.1) is 5.92 Å². The van der Waals surface area contributed by atoms with Crippen LogP contribution in [-0.4, -0.2) is 62.6 Å². The maximum Gasteiger partial charge on any atom is 0.254 e. The van der Waals surface area contributed by atoms with Gasteiger partial charge in [0.25, 0.3) is 5.91 Å². The van der Waals surface area contributed by atoms with Crippen LogP contribution in [0.3, 0.4) is 0 Å². The van der Waals surface area contributed by atoms with E-state index in [1.807, 2.05) is 69.3 Å². The first-order chi connectivity index (χ1) is 17.1. The van der Waals surface area contributed by atoms with Crippen molar-refractivity contribution in [2.24, 2.45) is 5.92 Å². The predicted octanol–water partition coefficient (Wildman–Crippen LogP) is 3.64. The first kappa shape index (κ1) is 22.8. The Labute approximate surface area is 205 Å². The van der Waals surface area contributed by atoms with Crippen LogP contribution in [0.1, 0.15) is 28.4 Å². The monoisotopic (exact) mass is 467 g/mol. The minimum atomic E-state index is -0.000738. The highest BCUT2D eigenvalue weighted by Crippen LogP contribution is 2.23. The van der Waals surface area contributed by atoms with Gasteiger partial charge in [-0.15, -0.1) is 0 Å². The van der Waals surface area contributed by atoms with Gasteiger partial charge in [-0.2, -0.15) is 5.10 Å². The minimum absolute atomic E-state index is 0.000738. The lowest BCUT2D eigenvalue weighted by Gasteiger charge is -2.25. The Hall–Kier alpha value is -4.00. The summed E-state index contributed by atoms with van der Waals surface area (Å²) >= 11 is 0. The van der Waals surface area contributed by atoms with E-state index in [-0.39, 0.29) is 17.7 Å². The molecule has 1 fully saturated rings. The number of hydrogen-bond donors (Lipinski definition) is 0. The Morgan fingerprint density at radius 1 is 0.886 bits per heavy atom. The minimum Gasteiger partial charge on any atom is -0.341 e. The number of rotatable bonds is 5. The van der Waals surface area contributed by atoms with Crippen molar-refractivity contribution in [2.45, 2.75) is 19.9 Å². The van der Waals surface area contributed by atoms with Crippen LogP contribution < -0.4 is 0 Å². The zero-order valence-electron chi connectivity index (χ0n) is 19.9. The Morgan fingerprint density at radius 2 is 1.66 bits per heavy atom. The Morgan fingerprint density at radius 3 is 2.49 bits per heavy atom. The van der Waals surface area contributed by atoms with Crippen LogP contribution in [0.4, 0.5) is 0 Å². The Balaban J connectivity index is 1.42. The van der Waals surface area contributed by atoms with Crippen LogP contribution in [0.15, 0.2) is 79.3 Å². The standard InChI is InChI=1S/C28H29N5O2/c1-21(34)31-15-16-32(28(35)26-11-3-2-7-25(26)20-33-14-6-13-30-33)19-22(18-31)17-24-9-4-8-23-10-5-12-29-27(23)24/h2-14,22H,15-20H2,1H3. The second-order valence-electron chi connectivity index (χ2n) is 9.14. The zero-order valence-corrected chi connectivity index (χ0v) is 19.9. The molecule has 0 N–H and O–H groups in total. The molecule has 2 aromatic carbocycles. The van der Waals surface area contributed by atoms with Gasteiger partial charge in [0.15, 0.2) is 0 Å². The molecule has 2 amide bonds. The summed E-state index contributed by atoms with van der Waals surface area (Å²) in [5.41, 5.74) is 3.74. The zero-order chi connectivity index (χ0) is 24.2. The van der Waals surface area contributed by atoms with Crippen molar-refractivity contribution in [3.8, 4) is 0 Å². The van der Waals surface area contributed by atoms with Crippen LogP contribution in [0.2, 0.25) is 0 Å². The van der Waals surface area contributed by atoms with Gasteiger partial charge in [-0.25, -0.2) is 0 Å². The molecule has 0 saturated carbocycles. The fourth-order valence-corrected chi connectivity index (χ4v) is 4.95. The molecule has 0 aliphatic carbocycles. The molecule has 178 valence electrons. The summed E-state index contributed by atoms with van der Waals surface area (Å²) in [5, 5.41) is 5.39. The summed E-state index contributed by atoms with van der Waals surface area (Å²) < 4.78 is 1.82. The lowest BCUT2D eigenvalue weighted by atomic mass is 9.96. The molecule has 0 radical (unpaired) electrons. The third-order valence-corrected chi connectivity index (χ3v) is 6.69. The van der Waals surface area contributed by atoms with Gasteiger partial charge in [-0.05, 0) is 41.7 Å². The molecule has 7 nitrogen and oxygen atoms in total. The maximum absolute atomic E-state index is 13.8. The summed E-state index contributed by atoms with van der Waals surface area (Å²) in [7, 11) is 0. The number of carbonyl (C=O) groups excluding carboxylic acids is 2. The molecular weight excluding hydrogens is 438 g/mol. The van der Waals surface area contributed by atoms with Crippen molar-refractivity contribution in [3.05, 3.63) is 95.9 Å². The number of fused-ring (bicyclic) bond motifs is 1. The van der Waals surface area contributed by atoms with Crippen molar-refractivity contribution < 1.29 is 9.59 Å². The average Bonchev–Trinajstić information content (AvgIpc) is 3.29. The molecular formula is C28H29N5O2. The van der Waals surface area contributed by atoms with Crippen molar-refractivity contribution in [1.29, 1.82) is 0 Å². The Bertz CT molecular complexity index is 1330. The third-order valence-electron chi connectivity index (χ3n) is 6.69.